The molecule has 2 aliphatic rings. The number of nitrogens with zero attached hydrogens (tertiary/aromatic N) is 4. The first kappa shape index (κ1) is 23.3. The van der Waals surface area contributed by atoms with Gasteiger partial charge in [-0.1, -0.05) is 36.6 Å². The van der Waals surface area contributed by atoms with Crippen molar-refractivity contribution >= 4 is 40.6 Å². The Morgan fingerprint density at radius 1 is 0.886 bits per heavy atom. The predicted octanol–water partition coefficient (Wildman–Crippen LogP) is 5.17. The van der Waals surface area contributed by atoms with Gasteiger partial charge in [-0.3, -0.25) is 9.59 Å². The van der Waals surface area contributed by atoms with Crippen molar-refractivity contribution in [3.8, 4) is 11.3 Å². The fourth-order valence-electron chi connectivity index (χ4n) is 4.67. The molecule has 2 saturated heterocycles. The highest BCUT2D eigenvalue weighted by Crippen LogP contribution is 2.28. The normalized spacial score (nSPS) is 18.4. The summed E-state index contributed by atoms with van der Waals surface area (Å²) in [5, 5.41) is 12.4. The zero-order valence-electron chi connectivity index (χ0n) is 19.5. The highest BCUT2D eigenvalue weighted by atomic mass is 35.5. The van der Waals surface area contributed by atoms with Gasteiger partial charge in [0.15, 0.2) is 5.82 Å². The summed E-state index contributed by atoms with van der Waals surface area (Å²) in [5.41, 5.74) is 3.16. The maximum absolute atomic E-state index is 12.8. The van der Waals surface area contributed by atoms with Crippen LogP contribution in [0.15, 0.2) is 60.7 Å². The van der Waals surface area contributed by atoms with Gasteiger partial charge in [-0.05, 0) is 61.4 Å². The molecule has 180 valence electrons. The van der Waals surface area contributed by atoms with Gasteiger partial charge in [0.1, 0.15) is 0 Å². The number of aromatic nitrogens is 2. The molecule has 3 heterocycles. The van der Waals surface area contributed by atoms with Crippen LogP contribution >= 0.6 is 11.6 Å². The second-order valence-electron chi connectivity index (χ2n) is 9.13. The lowest BCUT2D eigenvalue weighted by atomic mass is 10.1. The van der Waals surface area contributed by atoms with Crippen molar-refractivity contribution in [3.63, 3.8) is 0 Å². The lowest BCUT2D eigenvalue weighted by molar-refractivity contribution is -0.122. The first-order valence-electron chi connectivity index (χ1n) is 12.1. The molecule has 2 amide bonds. The molecule has 1 unspecified atom stereocenters. The van der Waals surface area contributed by atoms with Gasteiger partial charge in [0.25, 0.3) is 0 Å². The number of anilines is 3. The predicted molar refractivity (Wildman–Crippen MR) is 139 cm³/mol. The largest absolute Gasteiger partial charge is 0.355 e. The Bertz CT molecular complexity index is 1170. The van der Waals surface area contributed by atoms with E-state index in [1.807, 2.05) is 36.4 Å². The molecule has 1 aromatic heterocycles. The molecule has 0 bridgehead atoms. The van der Waals surface area contributed by atoms with Crippen LogP contribution < -0.4 is 15.1 Å². The molecular weight excluding hydrogens is 462 g/mol. The van der Waals surface area contributed by atoms with Gasteiger partial charge in [-0.2, -0.15) is 0 Å². The summed E-state index contributed by atoms with van der Waals surface area (Å²) in [6, 6.07) is 18.7. The topological polar surface area (TPSA) is 78.4 Å². The molecule has 3 aromatic rings. The van der Waals surface area contributed by atoms with Crippen LogP contribution in [0.2, 0.25) is 5.02 Å². The number of nitrogens with one attached hydrogen (secondary N) is 1. The van der Waals surface area contributed by atoms with E-state index in [-0.39, 0.29) is 18.2 Å². The fraction of sp³-hybridized carbons (Fsp3) is 0.333. The van der Waals surface area contributed by atoms with Crippen molar-refractivity contribution in [1.29, 1.82) is 0 Å². The molecule has 35 heavy (non-hydrogen) atoms. The second kappa shape index (κ2) is 10.4. The van der Waals surface area contributed by atoms with Crippen LogP contribution in [-0.4, -0.2) is 41.6 Å². The van der Waals surface area contributed by atoms with E-state index in [9.17, 15) is 9.59 Å². The first-order valence-corrected chi connectivity index (χ1v) is 12.5. The smallest absolute Gasteiger partial charge is 0.229 e. The minimum Gasteiger partial charge on any atom is -0.355 e. The highest BCUT2D eigenvalue weighted by molar-refractivity contribution is 6.30. The number of carbonyl (C=O) groups excluding carboxylic acids is 2. The van der Waals surface area contributed by atoms with Crippen LogP contribution in [0.4, 0.5) is 17.2 Å². The molecule has 2 aromatic carbocycles. The molecule has 0 aliphatic carbocycles. The minimum absolute atomic E-state index is 0.0648. The average Bonchev–Trinajstić information content (AvgIpc) is 3.08. The molecule has 2 aliphatic heterocycles. The Morgan fingerprint density at radius 2 is 1.60 bits per heavy atom. The van der Waals surface area contributed by atoms with E-state index in [0.717, 1.165) is 35.9 Å². The van der Waals surface area contributed by atoms with Crippen LogP contribution in [0.25, 0.3) is 11.3 Å². The Kier molecular flexibility index (Phi) is 6.95. The van der Waals surface area contributed by atoms with Crippen molar-refractivity contribution in [3.05, 3.63) is 65.7 Å². The molecule has 0 saturated carbocycles. The maximum atomic E-state index is 12.8. The molecule has 0 radical (unpaired) electrons. The van der Waals surface area contributed by atoms with Crippen LogP contribution in [0.5, 0.6) is 0 Å². The third-order valence-electron chi connectivity index (χ3n) is 6.66. The highest BCUT2D eigenvalue weighted by Gasteiger charge is 2.35. The van der Waals surface area contributed by atoms with Gasteiger partial charge in [0.2, 0.25) is 11.8 Å². The van der Waals surface area contributed by atoms with Gasteiger partial charge in [0, 0.05) is 48.0 Å². The van der Waals surface area contributed by atoms with Crippen molar-refractivity contribution in [2.45, 2.75) is 32.1 Å². The van der Waals surface area contributed by atoms with E-state index in [2.05, 4.69) is 20.4 Å². The summed E-state index contributed by atoms with van der Waals surface area (Å²) >= 11 is 5.94. The van der Waals surface area contributed by atoms with E-state index >= 15 is 0 Å². The van der Waals surface area contributed by atoms with Crippen molar-refractivity contribution in [2.75, 3.05) is 34.8 Å². The number of hydrogen-bond donors (Lipinski definition) is 1. The maximum Gasteiger partial charge on any atom is 0.229 e. The third kappa shape index (κ3) is 5.46. The SMILES string of the molecule is O=C(Nc1ccc(-c2ccc(N3CCCCCC3)nn2)cc1)C1CC(=O)N(c2ccc(Cl)cc2)C1. The van der Waals surface area contributed by atoms with Crippen molar-refractivity contribution in [1.82, 2.24) is 10.2 Å². The number of amides is 2. The van der Waals surface area contributed by atoms with E-state index in [0.29, 0.717) is 17.3 Å². The molecule has 1 N–H and O–H groups in total. The number of rotatable bonds is 5. The zero-order valence-corrected chi connectivity index (χ0v) is 20.2. The number of hydrogen-bond acceptors (Lipinski definition) is 5. The van der Waals surface area contributed by atoms with Gasteiger partial charge in [-0.25, -0.2) is 0 Å². The Balaban J connectivity index is 1.19. The quantitative estimate of drug-likeness (QED) is 0.535. The van der Waals surface area contributed by atoms with E-state index < -0.39 is 5.92 Å². The van der Waals surface area contributed by atoms with Crippen LogP contribution in [-0.2, 0) is 9.59 Å². The monoisotopic (exact) mass is 489 g/mol. The van der Waals surface area contributed by atoms with E-state index in [1.54, 1.807) is 29.2 Å². The molecular formula is C27H28ClN5O2. The summed E-state index contributed by atoms with van der Waals surface area (Å²) in [4.78, 5) is 29.2. The summed E-state index contributed by atoms with van der Waals surface area (Å²) in [7, 11) is 0. The summed E-state index contributed by atoms with van der Waals surface area (Å²) in [6.07, 6.45) is 5.15. The van der Waals surface area contributed by atoms with Crippen molar-refractivity contribution < 1.29 is 9.59 Å². The van der Waals surface area contributed by atoms with E-state index in [4.69, 9.17) is 11.6 Å². The standard InChI is InChI=1S/C27H28ClN5O2/c28-21-7-11-23(12-8-21)33-18-20(17-26(33)34)27(35)29-22-9-5-19(6-10-22)24-13-14-25(31-30-24)32-15-3-1-2-4-16-32/h5-14,20H,1-4,15-18H2,(H,29,35). The molecule has 2 fully saturated rings. The second-order valence-corrected chi connectivity index (χ2v) is 9.56. The lowest BCUT2D eigenvalue weighted by Gasteiger charge is -2.20. The van der Waals surface area contributed by atoms with Crippen molar-refractivity contribution in [2.24, 2.45) is 5.92 Å². The van der Waals surface area contributed by atoms with Gasteiger partial charge in [-0.15, -0.1) is 10.2 Å². The third-order valence-corrected chi connectivity index (χ3v) is 6.91. The zero-order chi connectivity index (χ0) is 24.2. The summed E-state index contributed by atoms with van der Waals surface area (Å²) < 4.78 is 0. The summed E-state index contributed by atoms with van der Waals surface area (Å²) in [5.74, 6) is 0.294. The lowest BCUT2D eigenvalue weighted by Crippen LogP contribution is -2.28. The average molecular weight is 490 g/mol. The minimum atomic E-state index is -0.407. The molecule has 1 atom stereocenters. The Morgan fingerprint density at radius 3 is 2.26 bits per heavy atom. The van der Waals surface area contributed by atoms with Gasteiger partial charge >= 0.3 is 0 Å². The summed E-state index contributed by atoms with van der Waals surface area (Å²) in [6.45, 7) is 2.42. The Hall–Kier alpha value is -3.45. The first-order chi connectivity index (χ1) is 17.1. The number of carbonyl (C=O) groups is 2. The number of halogens is 1. The van der Waals surface area contributed by atoms with Gasteiger partial charge < -0.3 is 15.1 Å². The van der Waals surface area contributed by atoms with Crippen LogP contribution in [0, 0.1) is 5.92 Å². The fourth-order valence-corrected chi connectivity index (χ4v) is 4.80. The number of benzene rings is 2. The van der Waals surface area contributed by atoms with Gasteiger partial charge in [0.05, 0.1) is 11.6 Å². The molecule has 5 rings (SSSR count). The van der Waals surface area contributed by atoms with Crippen LogP contribution in [0.1, 0.15) is 32.1 Å². The van der Waals surface area contributed by atoms with Crippen LogP contribution in [0.3, 0.4) is 0 Å². The molecule has 8 heteroatoms. The van der Waals surface area contributed by atoms with E-state index in [1.165, 1.54) is 25.7 Å². The molecule has 7 nitrogen and oxygen atoms in total. The Labute approximate surface area is 210 Å². The molecule has 0 spiro atoms.